The number of hydrogen-bond acceptors (Lipinski definition) is 2. The predicted octanol–water partition coefficient (Wildman–Crippen LogP) is 4.81. The van der Waals surface area contributed by atoms with E-state index in [9.17, 15) is 5.11 Å². The minimum Gasteiger partial charge on any atom is -0.508 e. The van der Waals surface area contributed by atoms with Gasteiger partial charge in [0.25, 0.3) is 0 Å². The molecule has 1 aliphatic carbocycles. The average Bonchev–Trinajstić information content (AvgIpc) is 2.37. The minimum absolute atomic E-state index is 0.196. The molecule has 0 saturated heterocycles. The predicted molar refractivity (Wildman–Crippen MR) is 89.5 cm³/mol. The third kappa shape index (κ3) is 4.00. The Bertz CT molecular complexity index is 469. The van der Waals surface area contributed by atoms with Crippen LogP contribution in [0.5, 0.6) is 5.75 Å². The number of aryl methyl sites for hydroxylation is 1. The SMILES string of the molecule is Cc1ccc(C(C)NC2CC(C)CCC2C(C)C)c(O)c1. The Kier molecular flexibility index (Phi) is 5.32. The molecule has 1 aromatic rings. The first-order valence-electron chi connectivity index (χ1n) is 8.44. The van der Waals surface area contributed by atoms with Crippen molar-refractivity contribution in [1.82, 2.24) is 5.32 Å². The maximum Gasteiger partial charge on any atom is 0.120 e. The van der Waals surface area contributed by atoms with Gasteiger partial charge in [-0.25, -0.2) is 0 Å². The van der Waals surface area contributed by atoms with Crippen LogP contribution in [0.4, 0.5) is 0 Å². The third-order valence-corrected chi connectivity index (χ3v) is 5.14. The lowest BCUT2D eigenvalue weighted by Gasteiger charge is -2.39. The zero-order valence-electron chi connectivity index (χ0n) is 14.2. The summed E-state index contributed by atoms with van der Waals surface area (Å²) in [7, 11) is 0. The molecule has 0 aliphatic heterocycles. The highest BCUT2D eigenvalue weighted by molar-refractivity contribution is 5.37. The van der Waals surface area contributed by atoms with Gasteiger partial charge in [0.05, 0.1) is 0 Å². The van der Waals surface area contributed by atoms with Crippen molar-refractivity contribution in [3.05, 3.63) is 29.3 Å². The lowest BCUT2D eigenvalue weighted by molar-refractivity contribution is 0.160. The van der Waals surface area contributed by atoms with Crippen molar-refractivity contribution in [3.8, 4) is 5.75 Å². The molecule has 1 aliphatic rings. The molecule has 2 N–H and O–H groups in total. The number of aromatic hydroxyl groups is 1. The molecule has 4 atom stereocenters. The van der Waals surface area contributed by atoms with E-state index < -0.39 is 0 Å². The minimum atomic E-state index is 0.196. The Labute approximate surface area is 130 Å². The fourth-order valence-electron chi connectivity index (χ4n) is 3.82. The van der Waals surface area contributed by atoms with Crippen molar-refractivity contribution in [2.75, 3.05) is 0 Å². The summed E-state index contributed by atoms with van der Waals surface area (Å²) in [5.74, 6) is 2.68. The summed E-state index contributed by atoms with van der Waals surface area (Å²) in [6.07, 6.45) is 3.92. The summed E-state index contributed by atoms with van der Waals surface area (Å²) < 4.78 is 0. The van der Waals surface area contributed by atoms with Gasteiger partial charge in [0.15, 0.2) is 0 Å². The number of hydrogen-bond donors (Lipinski definition) is 2. The highest BCUT2D eigenvalue weighted by atomic mass is 16.3. The molecule has 1 fully saturated rings. The van der Waals surface area contributed by atoms with Gasteiger partial charge in [0, 0.05) is 17.6 Å². The average molecular weight is 289 g/mol. The van der Waals surface area contributed by atoms with E-state index in [1.165, 1.54) is 19.3 Å². The molecule has 2 heteroatoms. The quantitative estimate of drug-likeness (QED) is 0.833. The van der Waals surface area contributed by atoms with Crippen molar-refractivity contribution in [1.29, 1.82) is 0 Å². The van der Waals surface area contributed by atoms with Crippen LogP contribution in [-0.2, 0) is 0 Å². The number of phenolic OH excluding ortho intramolecular Hbond substituents is 1. The van der Waals surface area contributed by atoms with Crippen molar-refractivity contribution >= 4 is 0 Å². The Morgan fingerprint density at radius 1 is 1.19 bits per heavy atom. The molecule has 4 unspecified atom stereocenters. The van der Waals surface area contributed by atoms with Crippen LogP contribution < -0.4 is 5.32 Å². The van der Waals surface area contributed by atoms with E-state index in [4.69, 9.17) is 0 Å². The molecule has 0 aromatic heterocycles. The first kappa shape index (κ1) is 16.4. The van der Waals surface area contributed by atoms with Gasteiger partial charge in [-0.3, -0.25) is 0 Å². The maximum absolute atomic E-state index is 10.2. The normalized spacial score (nSPS) is 27.8. The molecule has 1 aromatic carbocycles. The van der Waals surface area contributed by atoms with E-state index in [1.54, 1.807) is 0 Å². The fourth-order valence-corrected chi connectivity index (χ4v) is 3.82. The van der Waals surface area contributed by atoms with Crippen LogP contribution in [0, 0.1) is 24.7 Å². The highest BCUT2D eigenvalue weighted by Crippen LogP contribution is 2.35. The van der Waals surface area contributed by atoms with Gasteiger partial charge in [0.1, 0.15) is 5.75 Å². The molecule has 0 amide bonds. The topological polar surface area (TPSA) is 32.3 Å². The van der Waals surface area contributed by atoms with E-state index in [2.05, 4.69) is 45.1 Å². The van der Waals surface area contributed by atoms with Crippen LogP contribution in [0.3, 0.4) is 0 Å². The molecule has 0 heterocycles. The van der Waals surface area contributed by atoms with Crippen LogP contribution >= 0.6 is 0 Å². The molecule has 21 heavy (non-hydrogen) atoms. The number of phenols is 1. The third-order valence-electron chi connectivity index (χ3n) is 5.14. The zero-order chi connectivity index (χ0) is 15.6. The Morgan fingerprint density at radius 2 is 1.90 bits per heavy atom. The summed E-state index contributed by atoms with van der Waals surface area (Å²) in [6, 6.07) is 6.75. The van der Waals surface area contributed by atoms with Crippen LogP contribution in [0.1, 0.15) is 64.1 Å². The summed E-state index contributed by atoms with van der Waals surface area (Å²) in [5.41, 5.74) is 2.12. The molecule has 2 nitrogen and oxygen atoms in total. The van der Waals surface area contributed by atoms with Crippen LogP contribution in [0.2, 0.25) is 0 Å². The van der Waals surface area contributed by atoms with Gasteiger partial charge in [0.2, 0.25) is 0 Å². The van der Waals surface area contributed by atoms with E-state index in [1.807, 2.05) is 13.0 Å². The van der Waals surface area contributed by atoms with Gasteiger partial charge in [-0.1, -0.05) is 39.3 Å². The fraction of sp³-hybridized carbons (Fsp3) is 0.684. The van der Waals surface area contributed by atoms with Crippen LogP contribution in [0.25, 0.3) is 0 Å². The highest BCUT2D eigenvalue weighted by Gasteiger charge is 2.31. The summed E-state index contributed by atoms with van der Waals surface area (Å²) in [5, 5.41) is 14.0. The van der Waals surface area contributed by atoms with E-state index >= 15 is 0 Å². The molecule has 2 rings (SSSR count). The van der Waals surface area contributed by atoms with E-state index in [0.717, 1.165) is 23.0 Å². The van der Waals surface area contributed by atoms with Gasteiger partial charge in [-0.15, -0.1) is 0 Å². The number of benzene rings is 1. The second-order valence-electron chi connectivity index (χ2n) is 7.38. The standard InChI is InChI=1S/C19H31NO/c1-12(2)16-8-6-13(3)10-18(16)20-15(5)17-9-7-14(4)11-19(17)21/h7,9,11-13,15-16,18,20-21H,6,8,10H2,1-5H3. The zero-order valence-corrected chi connectivity index (χ0v) is 14.2. The number of rotatable bonds is 4. The largest absolute Gasteiger partial charge is 0.508 e. The lowest BCUT2D eigenvalue weighted by atomic mass is 9.73. The summed E-state index contributed by atoms with van der Waals surface area (Å²) in [4.78, 5) is 0. The van der Waals surface area contributed by atoms with E-state index in [0.29, 0.717) is 17.7 Å². The van der Waals surface area contributed by atoms with E-state index in [-0.39, 0.29) is 6.04 Å². The first-order chi connectivity index (χ1) is 9.88. The van der Waals surface area contributed by atoms with Crippen molar-refractivity contribution in [2.24, 2.45) is 17.8 Å². The molecular weight excluding hydrogens is 258 g/mol. The second kappa shape index (κ2) is 6.83. The smallest absolute Gasteiger partial charge is 0.120 e. The van der Waals surface area contributed by atoms with Gasteiger partial charge in [-0.05, 0) is 56.1 Å². The van der Waals surface area contributed by atoms with Crippen LogP contribution in [0.15, 0.2) is 18.2 Å². The van der Waals surface area contributed by atoms with Crippen molar-refractivity contribution in [3.63, 3.8) is 0 Å². The molecule has 0 bridgehead atoms. The van der Waals surface area contributed by atoms with Crippen LogP contribution in [-0.4, -0.2) is 11.1 Å². The monoisotopic (exact) mass is 289 g/mol. The van der Waals surface area contributed by atoms with Gasteiger partial charge >= 0.3 is 0 Å². The molecule has 0 spiro atoms. The first-order valence-corrected chi connectivity index (χ1v) is 8.44. The molecule has 118 valence electrons. The molecule has 1 saturated carbocycles. The number of nitrogens with one attached hydrogen (secondary N) is 1. The van der Waals surface area contributed by atoms with Crippen molar-refractivity contribution < 1.29 is 5.11 Å². The lowest BCUT2D eigenvalue weighted by Crippen LogP contribution is -2.43. The Morgan fingerprint density at radius 3 is 2.52 bits per heavy atom. The second-order valence-corrected chi connectivity index (χ2v) is 7.38. The van der Waals surface area contributed by atoms with Gasteiger partial charge < -0.3 is 10.4 Å². The summed E-state index contributed by atoms with van der Waals surface area (Å²) in [6.45, 7) is 11.2. The summed E-state index contributed by atoms with van der Waals surface area (Å²) >= 11 is 0. The maximum atomic E-state index is 10.2. The molecular formula is C19H31NO. The Hall–Kier alpha value is -1.02. The van der Waals surface area contributed by atoms with Crippen molar-refractivity contribution in [2.45, 2.75) is 66.0 Å². The molecule has 0 radical (unpaired) electrons. The van der Waals surface area contributed by atoms with Gasteiger partial charge in [-0.2, -0.15) is 0 Å². The Balaban J connectivity index is 2.10.